The molecule has 0 saturated heterocycles. The van der Waals surface area contributed by atoms with Crippen molar-refractivity contribution in [2.75, 3.05) is 11.3 Å². The first-order valence-electron chi connectivity index (χ1n) is 7.76. The molecule has 0 aromatic heterocycles. The van der Waals surface area contributed by atoms with Crippen LogP contribution in [0.1, 0.15) is 30.9 Å². The van der Waals surface area contributed by atoms with E-state index in [9.17, 15) is 8.42 Å². The number of benzene rings is 2. The third kappa shape index (κ3) is 4.48. The van der Waals surface area contributed by atoms with Gasteiger partial charge >= 0.3 is 0 Å². The lowest BCUT2D eigenvalue weighted by atomic mass is 10.1. The standard InChI is InChI=1S/C18H23NO3S/c1-4-5-13-22-16-9-11-17(12-10-16)23(20,21)19-18-14(2)7-6-8-15(18)3/h6-12,19H,4-5,13H2,1-3H3. The number of aryl methyl sites for hydroxylation is 2. The van der Waals surface area contributed by atoms with E-state index in [1.807, 2.05) is 32.0 Å². The Morgan fingerprint density at radius 3 is 2.17 bits per heavy atom. The molecular weight excluding hydrogens is 310 g/mol. The van der Waals surface area contributed by atoms with Gasteiger partial charge in [-0.2, -0.15) is 0 Å². The minimum absolute atomic E-state index is 0.225. The highest BCUT2D eigenvalue weighted by Crippen LogP contribution is 2.24. The molecule has 5 heteroatoms. The Morgan fingerprint density at radius 2 is 1.61 bits per heavy atom. The molecule has 124 valence electrons. The number of hydrogen-bond donors (Lipinski definition) is 1. The molecule has 1 N–H and O–H groups in total. The zero-order valence-electron chi connectivity index (χ0n) is 13.8. The second kappa shape index (κ2) is 7.51. The molecule has 0 radical (unpaired) electrons. The summed E-state index contributed by atoms with van der Waals surface area (Å²) in [6.45, 7) is 6.51. The highest BCUT2D eigenvalue weighted by molar-refractivity contribution is 7.92. The molecule has 2 aromatic rings. The average Bonchev–Trinajstić information content (AvgIpc) is 2.52. The molecule has 2 rings (SSSR count). The van der Waals surface area contributed by atoms with E-state index >= 15 is 0 Å². The van der Waals surface area contributed by atoms with Crippen LogP contribution < -0.4 is 9.46 Å². The highest BCUT2D eigenvalue weighted by atomic mass is 32.2. The van der Waals surface area contributed by atoms with E-state index < -0.39 is 10.0 Å². The van der Waals surface area contributed by atoms with E-state index in [0.717, 1.165) is 24.0 Å². The Balaban J connectivity index is 2.16. The van der Waals surface area contributed by atoms with Crippen LogP contribution in [0.15, 0.2) is 47.4 Å². The molecular formula is C18H23NO3S. The lowest BCUT2D eigenvalue weighted by molar-refractivity contribution is 0.309. The van der Waals surface area contributed by atoms with Gasteiger partial charge in [-0.1, -0.05) is 31.5 Å². The van der Waals surface area contributed by atoms with Crippen LogP contribution in [0.25, 0.3) is 0 Å². The van der Waals surface area contributed by atoms with Crippen LogP contribution in [0.3, 0.4) is 0 Å². The van der Waals surface area contributed by atoms with Crippen LogP contribution in [0.4, 0.5) is 5.69 Å². The Hall–Kier alpha value is -2.01. The SMILES string of the molecule is CCCCOc1ccc(S(=O)(=O)Nc2c(C)cccc2C)cc1. The number of sulfonamides is 1. The molecule has 0 atom stereocenters. The van der Waals surface area contributed by atoms with Crippen LogP contribution >= 0.6 is 0 Å². The second-order valence-corrected chi connectivity index (χ2v) is 7.23. The predicted octanol–water partition coefficient (Wildman–Crippen LogP) is 4.28. The van der Waals surface area contributed by atoms with Gasteiger partial charge in [-0.05, 0) is 55.7 Å². The normalized spacial score (nSPS) is 11.3. The summed E-state index contributed by atoms with van der Waals surface area (Å²) in [5, 5.41) is 0. The third-order valence-corrected chi connectivity index (χ3v) is 4.98. The molecule has 0 fully saturated rings. The van der Waals surface area contributed by atoms with Crippen molar-refractivity contribution in [1.82, 2.24) is 0 Å². The van der Waals surface area contributed by atoms with Crippen LogP contribution in [0, 0.1) is 13.8 Å². The fraction of sp³-hybridized carbons (Fsp3) is 0.333. The molecule has 23 heavy (non-hydrogen) atoms. The Kier molecular flexibility index (Phi) is 5.66. The zero-order valence-corrected chi connectivity index (χ0v) is 14.6. The van der Waals surface area contributed by atoms with Crippen molar-refractivity contribution in [2.24, 2.45) is 0 Å². The van der Waals surface area contributed by atoms with Gasteiger partial charge in [0.15, 0.2) is 0 Å². The lowest BCUT2D eigenvalue weighted by Crippen LogP contribution is -2.14. The van der Waals surface area contributed by atoms with Gasteiger partial charge < -0.3 is 4.74 Å². The largest absolute Gasteiger partial charge is 0.494 e. The molecule has 4 nitrogen and oxygen atoms in total. The summed E-state index contributed by atoms with van der Waals surface area (Å²) in [5.74, 6) is 0.685. The van der Waals surface area contributed by atoms with Gasteiger partial charge in [0.25, 0.3) is 10.0 Å². The summed E-state index contributed by atoms with van der Waals surface area (Å²) in [6, 6.07) is 12.2. The van der Waals surface area contributed by atoms with Crippen LogP contribution in [-0.4, -0.2) is 15.0 Å². The van der Waals surface area contributed by atoms with Crippen molar-refractivity contribution >= 4 is 15.7 Å². The number of unbranched alkanes of at least 4 members (excludes halogenated alkanes) is 1. The molecule has 0 aliphatic heterocycles. The van der Waals surface area contributed by atoms with Crippen molar-refractivity contribution < 1.29 is 13.2 Å². The first-order valence-corrected chi connectivity index (χ1v) is 9.24. The molecule has 0 aliphatic carbocycles. The van der Waals surface area contributed by atoms with Gasteiger partial charge in [-0.25, -0.2) is 8.42 Å². The van der Waals surface area contributed by atoms with Gasteiger partial charge in [0, 0.05) is 0 Å². The van der Waals surface area contributed by atoms with E-state index in [4.69, 9.17) is 4.74 Å². The van der Waals surface area contributed by atoms with Crippen molar-refractivity contribution in [3.8, 4) is 5.75 Å². The topological polar surface area (TPSA) is 55.4 Å². The summed E-state index contributed by atoms with van der Waals surface area (Å²) in [7, 11) is -3.61. The molecule has 0 amide bonds. The molecule has 0 bridgehead atoms. The number of ether oxygens (including phenoxy) is 1. The predicted molar refractivity (Wildman–Crippen MR) is 93.6 cm³/mol. The first kappa shape index (κ1) is 17.3. The summed E-state index contributed by atoms with van der Waals surface area (Å²) >= 11 is 0. The zero-order chi connectivity index (χ0) is 16.9. The van der Waals surface area contributed by atoms with Gasteiger partial charge in [0.05, 0.1) is 17.2 Å². The monoisotopic (exact) mass is 333 g/mol. The van der Waals surface area contributed by atoms with E-state index in [2.05, 4.69) is 11.6 Å². The fourth-order valence-corrected chi connectivity index (χ4v) is 3.42. The second-order valence-electron chi connectivity index (χ2n) is 5.55. The van der Waals surface area contributed by atoms with Gasteiger partial charge in [0.2, 0.25) is 0 Å². The Bertz CT molecular complexity index is 732. The Labute approximate surface area is 138 Å². The summed E-state index contributed by atoms with van der Waals surface area (Å²) in [5.41, 5.74) is 2.43. The van der Waals surface area contributed by atoms with Crippen LogP contribution in [0.2, 0.25) is 0 Å². The van der Waals surface area contributed by atoms with Crippen LogP contribution in [-0.2, 0) is 10.0 Å². The van der Waals surface area contributed by atoms with E-state index in [-0.39, 0.29) is 4.90 Å². The van der Waals surface area contributed by atoms with E-state index in [1.165, 1.54) is 0 Å². The smallest absolute Gasteiger partial charge is 0.261 e. The molecule has 0 aliphatic rings. The Morgan fingerprint density at radius 1 is 1.00 bits per heavy atom. The highest BCUT2D eigenvalue weighted by Gasteiger charge is 2.16. The minimum atomic E-state index is -3.61. The molecule has 0 heterocycles. The van der Waals surface area contributed by atoms with Gasteiger partial charge in [0.1, 0.15) is 5.75 Å². The van der Waals surface area contributed by atoms with E-state index in [0.29, 0.717) is 18.0 Å². The summed E-state index contributed by atoms with van der Waals surface area (Å²) in [6.07, 6.45) is 2.04. The van der Waals surface area contributed by atoms with Crippen molar-refractivity contribution in [2.45, 2.75) is 38.5 Å². The quantitative estimate of drug-likeness (QED) is 0.769. The average molecular weight is 333 g/mol. The number of nitrogens with one attached hydrogen (secondary N) is 1. The number of para-hydroxylation sites is 1. The number of rotatable bonds is 7. The van der Waals surface area contributed by atoms with E-state index in [1.54, 1.807) is 24.3 Å². The van der Waals surface area contributed by atoms with Gasteiger partial charge in [-0.3, -0.25) is 4.72 Å². The molecule has 0 unspecified atom stereocenters. The molecule has 0 saturated carbocycles. The maximum Gasteiger partial charge on any atom is 0.261 e. The fourth-order valence-electron chi connectivity index (χ4n) is 2.22. The summed E-state index contributed by atoms with van der Waals surface area (Å²) < 4.78 is 33.3. The lowest BCUT2D eigenvalue weighted by Gasteiger charge is -2.13. The van der Waals surface area contributed by atoms with Crippen molar-refractivity contribution in [1.29, 1.82) is 0 Å². The first-order chi connectivity index (χ1) is 10.9. The van der Waals surface area contributed by atoms with Gasteiger partial charge in [-0.15, -0.1) is 0 Å². The van der Waals surface area contributed by atoms with Crippen molar-refractivity contribution in [3.05, 3.63) is 53.6 Å². The number of anilines is 1. The van der Waals surface area contributed by atoms with Crippen molar-refractivity contribution in [3.63, 3.8) is 0 Å². The maximum atomic E-state index is 12.5. The summed E-state index contributed by atoms with van der Waals surface area (Å²) in [4.78, 5) is 0.225. The third-order valence-electron chi connectivity index (χ3n) is 3.62. The number of hydrogen-bond acceptors (Lipinski definition) is 3. The minimum Gasteiger partial charge on any atom is -0.494 e. The van der Waals surface area contributed by atoms with Crippen LogP contribution in [0.5, 0.6) is 5.75 Å². The molecule has 2 aromatic carbocycles. The molecule has 0 spiro atoms. The maximum absolute atomic E-state index is 12.5.